The molecule has 1 aliphatic rings. The van der Waals surface area contributed by atoms with Crippen molar-refractivity contribution >= 4 is 15.7 Å². The van der Waals surface area contributed by atoms with Gasteiger partial charge in [0.1, 0.15) is 4.90 Å². The lowest BCUT2D eigenvalue weighted by Crippen LogP contribution is -2.27. The Morgan fingerprint density at radius 1 is 1.50 bits per heavy atom. The Bertz CT molecular complexity index is 516. The molecule has 0 aromatic carbocycles. The summed E-state index contributed by atoms with van der Waals surface area (Å²) in [6.45, 7) is 5.25. The largest absolute Gasteiger partial charge is 0.384 e. The molecule has 0 aliphatic heterocycles. The van der Waals surface area contributed by atoms with Gasteiger partial charge in [0, 0.05) is 25.5 Å². The molecule has 1 heterocycles. The second-order valence-electron chi connectivity index (χ2n) is 4.73. The van der Waals surface area contributed by atoms with Gasteiger partial charge in [-0.05, 0) is 31.2 Å². The third-order valence-electron chi connectivity index (χ3n) is 3.25. The number of anilines is 1. The number of nitrogens with one attached hydrogen (secondary N) is 2. The first-order valence-electron chi connectivity index (χ1n) is 6.22. The Morgan fingerprint density at radius 2 is 2.22 bits per heavy atom. The predicted octanol–water partition coefficient (Wildman–Crippen LogP) is 1.45. The van der Waals surface area contributed by atoms with Crippen LogP contribution in [0.3, 0.4) is 0 Å². The number of pyridine rings is 1. The molecule has 1 fully saturated rings. The van der Waals surface area contributed by atoms with Crippen LogP contribution in [0, 0.1) is 11.8 Å². The van der Waals surface area contributed by atoms with Crippen LogP contribution in [0.2, 0.25) is 0 Å². The molecule has 100 valence electrons. The molecule has 2 rings (SSSR count). The lowest BCUT2D eigenvalue weighted by Gasteiger charge is -2.11. The quantitative estimate of drug-likeness (QED) is 0.820. The van der Waals surface area contributed by atoms with E-state index in [1.54, 1.807) is 12.3 Å². The van der Waals surface area contributed by atoms with Crippen molar-refractivity contribution in [2.24, 2.45) is 11.8 Å². The number of aromatic nitrogens is 1. The number of hydrogen-bond acceptors (Lipinski definition) is 4. The van der Waals surface area contributed by atoms with Crippen LogP contribution in [0.5, 0.6) is 0 Å². The van der Waals surface area contributed by atoms with Gasteiger partial charge in [-0.15, -0.1) is 0 Å². The maximum absolute atomic E-state index is 12.2. The molecule has 5 nitrogen and oxygen atoms in total. The van der Waals surface area contributed by atoms with Crippen LogP contribution in [-0.4, -0.2) is 26.5 Å². The van der Waals surface area contributed by atoms with Gasteiger partial charge in [-0.3, -0.25) is 4.98 Å². The van der Waals surface area contributed by atoms with Crippen LogP contribution in [0.15, 0.2) is 23.4 Å². The summed E-state index contributed by atoms with van der Waals surface area (Å²) in [7, 11) is -3.47. The molecule has 1 aliphatic carbocycles. The van der Waals surface area contributed by atoms with Crippen LogP contribution in [0.4, 0.5) is 5.69 Å². The van der Waals surface area contributed by atoms with Gasteiger partial charge < -0.3 is 5.32 Å². The fourth-order valence-electron chi connectivity index (χ4n) is 1.91. The molecule has 6 heteroatoms. The highest BCUT2D eigenvalue weighted by molar-refractivity contribution is 7.89. The van der Waals surface area contributed by atoms with E-state index in [4.69, 9.17) is 0 Å². The lowest BCUT2D eigenvalue weighted by molar-refractivity contribution is 0.574. The zero-order valence-electron chi connectivity index (χ0n) is 10.7. The van der Waals surface area contributed by atoms with Crippen LogP contribution >= 0.6 is 0 Å². The van der Waals surface area contributed by atoms with Gasteiger partial charge in [-0.25, -0.2) is 13.1 Å². The van der Waals surface area contributed by atoms with E-state index in [0.717, 1.165) is 6.42 Å². The number of rotatable bonds is 6. The molecule has 2 unspecified atom stereocenters. The van der Waals surface area contributed by atoms with Crippen molar-refractivity contribution in [3.05, 3.63) is 18.5 Å². The van der Waals surface area contributed by atoms with Crippen molar-refractivity contribution in [1.29, 1.82) is 0 Å². The van der Waals surface area contributed by atoms with Crippen molar-refractivity contribution in [2.75, 3.05) is 18.4 Å². The number of hydrogen-bond donors (Lipinski definition) is 2. The summed E-state index contributed by atoms with van der Waals surface area (Å²) in [4.78, 5) is 4.11. The molecule has 18 heavy (non-hydrogen) atoms. The molecule has 1 saturated carbocycles. The number of sulfonamides is 1. The maximum Gasteiger partial charge on any atom is 0.244 e. The van der Waals surface area contributed by atoms with Gasteiger partial charge in [-0.2, -0.15) is 0 Å². The van der Waals surface area contributed by atoms with Crippen LogP contribution in [0.1, 0.15) is 20.3 Å². The topological polar surface area (TPSA) is 71.1 Å². The van der Waals surface area contributed by atoms with Gasteiger partial charge in [-0.1, -0.05) is 6.92 Å². The van der Waals surface area contributed by atoms with E-state index in [2.05, 4.69) is 21.9 Å². The van der Waals surface area contributed by atoms with E-state index in [1.165, 1.54) is 6.20 Å². The molecule has 2 N–H and O–H groups in total. The fraction of sp³-hybridized carbons (Fsp3) is 0.583. The standard InChI is InChI=1S/C12H19N3O2S/c1-3-14-11-4-5-13-8-12(11)18(16,17)15-7-10-6-9(10)2/h4-5,8-10,15H,3,6-7H2,1-2H3,(H,13,14). The molecule has 2 atom stereocenters. The Balaban J connectivity index is 2.12. The van der Waals surface area contributed by atoms with Crippen molar-refractivity contribution in [2.45, 2.75) is 25.2 Å². The smallest absolute Gasteiger partial charge is 0.244 e. The average molecular weight is 269 g/mol. The number of nitrogens with zero attached hydrogens (tertiary/aromatic N) is 1. The van der Waals surface area contributed by atoms with E-state index in [1.807, 2.05) is 6.92 Å². The molecule has 0 saturated heterocycles. The molecule has 1 aromatic rings. The van der Waals surface area contributed by atoms with Crippen molar-refractivity contribution < 1.29 is 8.42 Å². The van der Waals surface area contributed by atoms with Gasteiger partial charge in [0.05, 0.1) is 5.69 Å². The molecule has 1 aromatic heterocycles. The van der Waals surface area contributed by atoms with E-state index < -0.39 is 10.0 Å². The summed E-state index contributed by atoms with van der Waals surface area (Å²) in [5.41, 5.74) is 0.601. The van der Waals surface area contributed by atoms with Gasteiger partial charge in [0.15, 0.2) is 0 Å². The zero-order chi connectivity index (χ0) is 13.2. The molecule has 0 radical (unpaired) electrons. The minimum atomic E-state index is -3.47. The molecular formula is C12H19N3O2S. The Labute approximate surface area is 108 Å². The summed E-state index contributed by atoms with van der Waals surface area (Å²) >= 11 is 0. The first kappa shape index (κ1) is 13.3. The average Bonchev–Trinajstić information content (AvgIpc) is 3.04. The van der Waals surface area contributed by atoms with E-state index in [9.17, 15) is 8.42 Å². The second kappa shape index (κ2) is 5.24. The SMILES string of the molecule is CCNc1ccncc1S(=O)(=O)NCC1CC1C. The highest BCUT2D eigenvalue weighted by Crippen LogP contribution is 2.37. The Morgan fingerprint density at radius 3 is 2.83 bits per heavy atom. The fourth-order valence-corrected chi connectivity index (χ4v) is 3.13. The summed E-state index contributed by atoms with van der Waals surface area (Å²) < 4.78 is 27.0. The van der Waals surface area contributed by atoms with Gasteiger partial charge in [0.2, 0.25) is 10.0 Å². The summed E-state index contributed by atoms with van der Waals surface area (Å²) in [5.74, 6) is 1.12. The summed E-state index contributed by atoms with van der Waals surface area (Å²) in [5, 5.41) is 3.04. The lowest BCUT2D eigenvalue weighted by atomic mass is 10.3. The zero-order valence-corrected chi connectivity index (χ0v) is 11.5. The van der Waals surface area contributed by atoms with Crippen molar-refractivity contribution in [3.63, 3.8) is 0 Å². The van der Waals surface area contributed by atoms with Crippen molar-refractivity contribution in [1.82, 2.24) is 9.71 Å². The van der Waals surface area contributed by atoms with Crippen LogP contribution in [0.25, 0.3) is 0 Å². The van der Waals surface area contributed by atoms with Crippen molar-refractivity contribution in [3.8, 4) is 0 Å². The maximum atomic E-state index is 12.2. The third-order valence-corrected chi connectivity index (χ3v) is 4.70. The Hall–Kier alpha value is -1.14. The first-order chi connectivity index (χ1) is 8.54. The van der Waals surface area contributed by atoms with Gasteiger partial charge >= 0.3 is 0 Å². The highest BCUT2D eigenvalue weighted by atomic mass is 32.2. The molecular weight excluding hydrogens is 250 g/mol. The predicted molar refractivity (Wildman–Crippen MR) is 70.9 cm³/mol. The summed E-state index contributed by atoms with van der Waals surface area (Å²) in [6, 6.07) is 1.68. The van der Waals surface area contributed by atoms with Gasteiger partial charge in [0.25, 0.3) is 0 Å². The molecule has 0 bridgehead atoms. The monoisotopic (exact) mass is 269 g/mol. The second-order valence-corrected chi connectivity index (χ2v) is 6.46. The molecule has 0 amide bonds. The van der Waals surface area contributed by atoms with E-state index >= 15 is 0 Å². The highest BCUT2D eigenvalue weighted by Gasteiger charge is 2.33. The Kier molecular flexibility index (Phi) is 3.87. The van der Waals surface area contributed by atoms with Crippen LogP contribution < -0.4 is 10.0 Å². The van der Waals surface area contributed by atoms with Crippen LogP contribution in [-0.2, 0) is 10.0 Å². The molecule has 0 spiro atoms. The normalized spacial score (nSPS) is 22.8. The minimum Gasteiger partial charge on any atom is -0.384 e. The van der Waals surface area contributed by atoms with E-state index in [0.29, 0.717) is 30.6 Å². The third kappa shape index (κ3) is 3.00. The first-order valence-corrected chi connectivity index (χ1v) is 7.70. The summed E-state index contributed by atoms with van der Waals surface area (Å²) in [6.07, 6.45) is 4.08. The van der Waals surface area contributed by atoms with E-state index in [-0.39, 0.29) is 4.90 Å². The minimum absolute atomic E-state index is 0.222.